The Bertz CT molecular complexity index is 266. The van der Waals surface area contributed by atoms with E-state index in [4.69, 9.17) is 9.84 Å². The van der Waals surface area contributed by atoms with Gasteiger partial charge >= 0.3 is 11.9 Å². The fourth-order valence-corrected chi connectivity index (χ4v) is 0.797. The van der Waals surface area contributed by atoms with Crippen molar-refractivity contribution in [1.82, 2.24) is 0 Å². The summed E-state index contributed by atoms with van der Waals surface area (Å²) in [6.07, 6.45) is 4.33. The summed E-state index contributed by atoms with van der Waals surface area (Å²) < 4.78 is 4.88. The van der Waals surface area contributed by atoms with Gasteiger partial charge in [-0.05, 0) is 12.8 Å². The van der Waals surface area contributed by atoms with Crippen LogP contribution in [0.15, 0.2) is 24.3 Å². The first-order valence-corrected chi connectivity index (χ1v) is 4.82. The second-order valence-electron chi connectivity index (χ2n) is 3.04. The Morgan fingerprint density at radius 2 is 2.13 bits per heavy atom. The first-order chi connectivity index (χ1) is 7.07. The minimum atomic E-state index is -1.04. The third kappa shape index (κ3) is 7.49. The maximum Gasteiger partial charge on any atom is 0.333 e. The Morgan fingerprint density at radius 3 is 2.67 bits per heavy atom. The average molecular weight is 212 g/mol. The number of carboxylic acids is 1. The van der Waals surface area contributed by atoms with E-state index in [0.717, 1.165) is 18.9 Å². The summed E-state index contributed by atoms with van der Waals surface area (Å²) in [7, 11) is 0. The predicted molar refractivity (Wildman–Crippen MR) is 56.4 cm³/mol. The third-order valence-corrected chi connectivity index (χ3v) is 1.64. The van der Waals surface area contributed by atoms with Gasteiger partial charge in [0.2, 0.25) is 0 Å². The van der Waals surface area contributed by atoms with E-state index in [9.17, 15) is 9.59 Å². The van der Waals surface area contributed by atoms with Crippen LogP contribution in [0.1, 0.15) is 26.2 Å². The van der Waals surface area contributed by atoms with Crippen molar-refractivity contribution in [3.8, 4) is 0 Å². The Hall–Kier alpha value is -1.58. The molecule has 0 aromatic carbocycles. The summed E-state index contributed by atoms with van der Waals surface area (Å²) in [6.45, 7) is 5.90. The van der Waals surface area contributed by atoms with E-state index in [1.54, 1.807) is 0 Å². The third-order valence-electron chi connectivity index (χ3n) is 1.64. The molecule has 15 heavy (non-hydrogen) atoms. The van der Waals surface area contributed by atoms with Gasteiger partial charge in [0.25, 0.3) is 0 Å². The largest absolute Gasteiger partial charge is 0.478 e. The molecule has 0 bridgehead atoms. The van der Waals surface area contributed by atoms with E-state index >= 15 is 0 Å². The highest BCUT2D eigenvalue weighted by atomic mass is 16.5. The average Bonchev–Trinajstić information content (AvgIpc) is 2.17. The van der Waals surface area contributed by atoms with Crippen LogP contribution in [0, 0.1) is 0 Å². The van der Waals surface area contributed by atoms with Crippen molar-refractivity contribution in [2.45, 2.75) is 26.2 Å². The van der Waals surface area contributed by atoms with Crippen molar-refractivity contribution in [3.63, 3.8) is 0 Å². The molecule has 0 aliphatic rings. The first-order valence-electron chi connectivity index (χ1n) is 4.82. The Balaban J connectivity index is 3.79. The molecule has 0 saturated heterocycles. The number of carbonyl (C=O) groups excluding carboxylic acids is 1. The van der Waals surface area contributed by atoms with Crippen LogP contribution in [0.25, 0.3) is 0 Å². The van der Waals surface area contributed by atoms with Gasteiger partial charge < -0.3 is 9.84 Å². The SMILES string of the molecule is C=C(C/C=C/C(=O)O)C(=O)OCCCC. The summed E-state index contributed by atoms with van der Waals surface area (Å²) >= 11 is 0. The van der Waals surface area contributed by atoms with Crippen LogP contribution in [0.2, 0.25) is 0 Å². The molecule has 4 nitrogen and oxygen atoms in total. The summed E-state index contributed by atoms with van der Waals surface area (Å²) in [5.74, 6) is -1.50. The van der Waals surface area contributed by atoms with Crippen molar-refractivity contribution in [1.29, 1.82) is 0 Å². The molecule has 0 amide bonds. The molecule has 0 aromatic heterocycles. The first kappa shape index (κ1) is 13.4. The minimum absolute atomic E-state index is 0.206. The lowest BCUT2D eigenvalue weighted by molar-refractivity contribution is -0.139. The number of hydrogen-bond acceptors (Lipinski definition) is 3. The molecule has 0 atom stereocenters. The number of aliphatic carboxylic acids is 1. The fraction of sp³-hybridized carbons (Fsp3) is 0.455. The van der Waals surface area contributed by atoms with E-state index in [2.05, 4.69) is 6.58 Å². The van der Waals surface area contributed by atoms with Crippen molar-refractivity contribution in [3.05, 3.63) is 24.3 Å². The molecule has 84 valence electrons. The highest BCUT2D eigenvalue weighted by Gasteiger charge is 2.05. The van der Waals surface area contributed by atoms with Crippen LogP contribution in [-0.2, 0) is 14.3 Å². The zero-order valence-corrected chi connectivity index (χ0v) is 8.86. The Kier molecular flexibility index (Phi) is 6.97. The summed E-state index contributed by atoms with van der Waals surface area (Å²) in [5, 5.41) is 8.31. The predicted octanol–water partition coefficient (Wildman–Crippen LogP) is 1.92. The molecule has 0 aliphatic heterocycles. The molecule has 0 rings (SSSR count). The van der Waals surface area contributed by atoms with E-state index < -0.39 is 11.9 Å². The van der Waals surface area contributed by atoms with E-state index in [-0.39, 0.29) is 12.0 Å². The van der Waals surface area contributed by atoms with Gasteiger partial charge in [0.05, 0.1) is 6.61 Å². The smallest absolute Gasteiger partial charge is 0.333 e. The van der Waals surface area contributed by atoms with E-state index in [0.29, 0.717) is 6.61 Å². The molecule has 0 radical (unpaired) electrons. The number of unbranched alkanes of at least 4 members (excludes halogenated alkanes) is 1. The molecule has 0 aromatic rings. The zero-order chi connectivity index (χ0) is 11.7. The van der Waals surface area contributed by atoms with Gasteiger partial charge in [0, 0.05) is 11.6 Å². The number of rotatable bonds is 7. The number of allylic oxidation sites excluding steroid dienone is 1. The van der Waals surface area contributed by atoms with Gasteiger partial charge in [0.15, 0.2) is 0 Å². The van der Waals surface area contributed by atoms with E-state index in [1.807, 2.05) is 6.92 Å². The van der Waals surface area contributed by atoms with E-state index in [1.165, 1.54) is 6.08 Å². The molecular weight excluding hydrogens is 196 g/mol. The Labute approximate surface area is 89.2 Å². The number of carboxylic acid groups (broad SMARTS) is 1. The van der Waals surface area contributed by atoms with Gasteiger partial charge in [-0.2, -0.15) is 0 Å². The van der Waals surface area contributed by atoms with Crippen LogP contribution in [0.3, 0.4) is 0 Å². The standard InChI is InChI=1S/C11H16O4/c1-3-4-8-15-11(14)9(2)6-5-7-10(12)13/h5,7H,2-4,6,8H2,1H3,(H,12,13)/b7-5+. The van der Waals surface area contributed by atoms with Gasteiger partial charge in [0.1, 0.15) is 0 Å². The van der Waals surface area contributed by atoms with Crippen molar-refractivity contribution in [2.24, 2.45) is 0 Å². The van der Waals surface area contributed by atoms with Gasteiger partial charge in [-0.15, -0.1) is 0 Å². The second kappa shape index (κ2) is 7.79. The molecule has 0 heterocycles. The second-order valence-corrected chi connectivity index (χ2v) is 3.04. The van der Waals surface area contributed by atoms with Crippen molar-refractivity contribution < 1.29 is 19.4 Å². The Morgan fingerprint density at radius 1 is 1.47 bits per heavy atom. The lowest BCUT2D eigenvalue weighted by Crippen LogP contribution is -2.07. The minimum Gasteiger partial charge on any atom is -0.478 e. The number of ether oxygens (including phenoxy) is 1. The van der Waals surface area contributed by atoms with Crippen LogP contribution < -0.4 is 0 Å². The highest BCUT2D eigenvalue weighted by molar-refractivity contribution is 5.88. The van der Waals surface area contributed by atoms with Crippen LogP contribution in [0.5, 0.6) is 0 Å². The van der Waals surface area contributed by atoms with Crippen LogP contribution in [0.4, 0.5) is 0 Å². The zero-order valence-electron chi connectivity index (χ0n) is 8.86. The molecule has 4 heteroatoms. The molecular formula is C11H16O4. The maximum absolute atomic E-state index is 11.2. The van der Waals surface area contributed by atoms with Crippen LogP contribution >= 0.6 is 0 Å². The number of hydrogen-bond donors (Lipinski definition) is 1. The topological polar surface area (TPSA) is 63.6 Å². The monoisotopic (exact) mass is 212 g/mol. The van der Waals surface area contributed by atoms with Gasteiger partial charge in [-0.3, -0.25) is 0 Å². The van der Waals surface area contributed by atoms with Crippen molar-refractivity contribution in [2.75, 3.05) is 6.61 Å². The molecule has 0 fully saturated rings. The molecule has 0 aliphatic carbocycles. The van der Waals surface area contributed by atoms with Gasteiger partial charge in [-0.25, -0.2) is 9.59 Å². The normalized spacial score (nSPS) is 10.2. The lowest BCUT2D eigenvalue weighted by atomic mass is 10.2. The molecule has 1 N–H and O–H groups in total. The molecule has 0 saturated carbocycles. The number of esters is 1. The summed E-state index contributed by atoms with van der Waals surface area (Å²) in [6, 6.07) is 0. The number of carbonyl (C=O) groups is 2. The van der Waals surface area contributed by atoms with Crippen molar-refractivity contribution >= 4 is 11.9 Å². The lowest BCUT2D eigenvalue weighted by Gasteiger charge is -2.03. The van der Waals surface area contributed by atoms with Gasteiger partial charge in [-0.1, -0.05) is 26.0 Å². The van der Waals surface area contributed by atoms with Crippen LogP contribution in [-0.4, -0.2) is 23.7 Å². The maximum atomic E-state index is 11.2. The summed E-state index contributed by atoms with van der Waals surface area (Å²) in [5.41, 5.74) is 0.267. The fourth-order valence-electron chi connectivity index (χ4n) is 0.797. The molecule has 0 unspecified atom stereocenters. The molecule has 0 spiro atoms. The summed E-state index contributed by atoms with van der Waals surface area (Å²) in [4.78, 5) is 21.3. The highest BCUT2D eigenvalue weighted by Crippen LogP contribution is 2.03. The quantitative estimate of drug-likeness (QED) is 0.398.